The summed E-state index contributed by atoms with van der Waals surface area (Å²) in [6.45, 7) is 0. The molecule has 2 saturated carbocycles. The molecule has 3 aliphatic rings. The third-order valence-corrected chi connectivity index (χ3v) is 7.54. The van der Waals surface area contributed by atoms with Crippen LogP contribution in [0.3, 0.4) is 0 Å². The third-order valence-electron chi connectivity index (χ3n) is 6.34. The molecule has 1 saturated heterocycles. The first-order valence-corrected chi connectivity index (χ1v) is 10.7. The molecular formula is C22H18BrFN2O4. The molecule has 2 aliphatic carbocycles. The van der Waals surface area contributed by atoms with Crippen LogP contribution in [0.15, 0.2) is 48.5 Å². The lowest BCUT2D eigenvalue weighted by Crippen LogP contribution is -2.40. The number of hydrogen-bond acceptors (Lipinski definition) is 4. The van der Waals surface area contributed by atoms with Gasteiger partial charge in [-0.3, -0.25) is 14.4 Å². The molecular weight excluding hydrogens is 455 g/mol. The summed E-state index contributed by atoms with van der Waals surface area (Å²) in [6, 6.07) is 12.0. The van der Waals surface area contributed by atoms with E-state index in [1.54, 1.807) is 24.3 Å². The summed E-state index contributed by atoms with van der Waals surface area (Å²) in [7, 11) is 0. The highest BCUT2D eigenvalue weighted by Crippen LogP contribution is 2.60. The van der Waals surface area contributed by atoms with Gasteiger partial charge in [-0.2, -0.15) is 0 Å². The van der Waals surface area contributed by atoms with Gasteiger partial charge in [-0.05, 0) is 60.9 Å². The van der Waals surface area contributed by atoms with Crippen molar-refractivity contribution < 1.29 is 23.5 Å². The zero-order chi connectivity index (χ0) is 21.0. The Morgan fingerprint density at radius 3 is 2.30 bits per heavy atom. The molecule has 154 valence electrons. The summed E-state index contributed by atoms with van der Waals surface area (Å²) in [5.74, 6) is -1.77. The Morgan fingerprint density at radius 1 is 0.967 bits per heavy atom. The van der Waals surface area contributed by atoms with Crippen LogP contribution in [0.4, 0.5) is 15.8 Å². The summed E-state index contributed by atoms with van der Waals surface area (Å²) in [5, 5.41) is 5.56. The minimum Gasteiger partial charge on any atom is -0.461 e. The van der Waals surface area contributed by atoms with Crippen LogP contribution in [0.1, 0.15) is 16.8 Å². The van der Waals surface area contributed by atoms with Crippen LogP contribution in [-0.4, -0.2) is 28.7 Å². The molecule has 0 radical (unpaired) electrons. The molecule has 2 aromatic rings. The van der Waals surface area contributed by atoms with Crippen molar-refractivity contribution >= 4 is 45.1 Å². The highest BCUT2D eigenvalue weighted by Gasteiger charge is 2.67. The molecule has 5 rings (SSSR count). The van der Waals surface area contributed by atoms with Crippen molar-refractivity contribution in [1.29, 1.82) is 0 Å². The lowest BCUT2D eigenvalue weighted by atomic mass is 9.79. The molecule has 30 heavy (non-hydrogen) atoms. The standard InChI is InChI=1S/C22H18BrFN2O4/c23-18-14-9-15-17(22(29)30-19(15)18)16(14)21(28)26-12-5-1-10(2-6-12)20(27)25-13-7-3-11(24)4-8-13/h1-8,14-19H,9H2,(H,25,27)(H,26,28)/t14-,15-,16-,17+,18+,19+/m1/s1. The quantitative estimate of drug-likeness (QED) is 0.525. The van der Waals surface area contributed by atoms with Gasteiger partial charge in [0.15, 0.2) is 0 Å². The predicted octanol–water partition coefficient (Wildman–Crippen LogP) is 3.59. The van der Waals surface area contributed by atoms with E-state index in [0.717, 1.165) is 6.42 Å². The van der Waals surface area contributed by atoms with Gasteiger partial charge in [-0.1, -0.05) is 15.9 Å². The minimum absolute atomic E-state index is 0.0125. The lowest BCUT2D eigenvalue weighted by Gasteiger charge is -2.27. The van der Waals surface area contributed by atoms with Gasteiger partial charge in [0, 0.05) is 22.9 Å². The van der Waals surface area contributed by atoms with Crippen molar-refractivity contribution in [3.63, 3.8) is 0 Å². The Hall–Kier alpha value is -2.74. The molecule has 1 heterocycles. The average molecular weight is 473 g/mol. The van der Waals surface area contributed by atoms with Crippen molar-refractivity contribution in [2.24, 2.45) is 23.7 Å². The molecule has 2 bridgehead atoms. The highest BCUT2D eigenvalue weighted by molar-refractivity contribution is 9.09. The number of carbonyl (C=O) groups is 3. The van der Waals surface area contributed by atoms with Crippen molar-refractivity contribution in [2.75, 3.05) is 10.6 Å². The van der Waals surface area contributed by atoms with Gasteiger partial charge in [0.1, 0.15) is 11.9 Å². The number of hydrogen-bond donors (Lipinski definition) is 2. The number of ether oxygens (including phenoxy) is 1. The van der Waals surface area contributed by atoms with Gasteiger partial charge in [0.2, 0.25) is 5.91 Å². The zero-order valence-electron chi connectivity index (χ0n) is 15.7. The van der Waals surface area contributed by atoms with E-state index in [0.29, 0.717) is 16.9 Å². The van der Waals surface area contributed by atoms with Gasteiger partial charge in [0.25, 0.3) is 5.91 Å². The summed E-state index contributed by atoms with van der Waals surface area (Å²) < 4.78 is 18.4. The first-order chi connectivity index (χ1) is 14.4. The van der Waals surface area contributed by atoms with Crippen LogP contribution in [-0.2, 0) is 14.3 Å². The Morgan fingerprint density at radius 2 is 1.60 bits per heavy atom. The number of amides is 2. The molecule has 2 amide bonds. The summed E-state index contributed by atoms with van der Waals surface area (Å²) in [5.41, 5.74) is 1.44. The van der Waals surface area contributed by atoms with Gasteiger partial charge >= 0.3 is 5.97 Å². The molecule has 6 atom stereocenters. The molecule has 8 heteroatoms. The largest absolute Gasteiger partial charge is 0.461 e. The summed E-state index contributed by atoms with van der Waals surface area (Å²) in [6.07, 6.45) is 0.702. The van der Waals surface area contributed by atoms with E-state index in [1.807, 2.05) is 0 Å². The molecule has 6 nitrogen and oxygen atoms in total. The van der Waals surface area contributed by atoms with Crippen molar-refractivity contribution in [2.45, 2.75) is 17.4 Å². The van der Waals surface area contributed by atoms with Crippen LogP contribution in [0.25, 0.3) is 0 Å². The number of alkyl halides is 1. The van der Waals surface area contributed by atoms with Crippen molar-refractivity contribution in [3.05, 3.63) is 59.9 Å². The first kappa shape index (κ1) is 19.2. The van der Waals surface area contributed by atoms with Crippen LogP contribution in [0.2, 0.25) is 0 Å². The van der Waals surface area contributed by atoms with Crippen molar-refractivity contribution in [1.82, 2.24) is 0 Å². The number of esters is 1. The highest BCUT2D eigenvalue weighted by atomic mass is 79.9. The second kappa shape index (κ2) is 7.19. The first-order valence-electron chi connectivity index (χ1n) is 9.75. The second-order valence-electron chi connectivity index (χ2n) is 7.99. The fourth-order valence-corrected chi connectivity index (χ4v) is 6.04. The number of nitrogens with one attached hydrogen (secondary N) is 2. The molecule has 3 fully saturated rings. The summed E-state index contributed by atoms with van der Waals surface area (Å²) >= 11 is 3.60. The molecule has 0 aromatic heterocycles. The molecule has 0 unspecified atom stereocenters. The van der Waals surface area contributed by atoms with E-state index in [4.69, 9.17) is 4.74 Å². The predicted molar refractivity (Wildman–Crippen MR) is 111 cm³/mol. The van der Waals surface area contributed by atoms with Crippen LogP contribution >= 0.6 is 15.9 Å². The van der Waals surface area contributed by atoms with Gasteiger partial charge in [-0.15, -0.1) is 0 Å². The van der Waals surface area contributed by atoms with E-state index >= 15 is 0 Å². The Labute approximate surface area is 180 Å². The Bertz CT molecular complexity index is 1030. The lowest BCUT2D eigenvalue weighted by molar-refractivity contribution is -0.145. The fraction of sp³-hybridized carbons (Fsp3) is 0.318. The van der Waals surface area contributed by atoms with Crippen molar-refractivity contribution in [3.8, 4) is 0 Å². The number of anilines is 2. The zero-order valence-corrected chi connectivity index (χ0v) is 17.3. The number of benzene rings is 2. The number of fused-ring (bicyclic) bond motifs is 1. The van der Waals surface area contributed by atoms with E-state index in [9.17, 15) is 18.8 Å². The fourth-order valence-electron chi connectivity index (χ4n) is 5.00. The normalized spacial score (nSPS) is 30.8. The van der Waals surface area contributed by atoms with E-state index < -0.39 is 5.92 Å². The van der Waals surface area contributed by atoms with E-state index in [1.165, 1.54) is 24.3 Å². The third kappa shape index (κ3) is 3.10. The maximum absolute atomic E-state index is 13.0. The molecule has 2 N–H and O–H groups in total. The minimum atomic E-state index is -0.410. The Balaban J connectivity index is 1.25. The number of rotatable bonds is 4. The van der Waals surface area contributed by atoms with Crippen LogP contribution in [0.5, 0.6) is 0 Å². The number of carbonyl (C=O) groups excluding carboxylic acids is 3. The van der Waals surface area contributed by atoms with Gasteiger partial charge < -0.3 is 15.4 Å². The SMILES string of the molecule is O=C(Nc1ccc(F)cc1)c1ccc(NC(=O)[C@@H]2[C@H]3C[C@H]4[C@H](OC(=O)[C@@H]42)[C@H]3Br)cc1. The summed E-state index contributed by atoms with van der Waals surface area (Å²) in [4.78, 5) is 37.5. The molecule has 1 aliphatic heterocycles. The van der Waals surface area contributed by atoms with Crippen LogP contribution < -0.4 is 10.6 Å². The maximum Gasteiger partial charge on any atom is 0.310 e. The smallest absolute Gasteiger partial charge is 0.310 e. The average Bonchev–Trinajstić information content (AvgIpc) is 3.34. The monoisotopic (exact) mass is 472 g/mol. The second-order valence-corrected chi connectivity index (χ2v) is 9.05. The maximum atomic E-state index is 13.0. The van der Waals surface area contributed by atoms with E-state index in [-0.39, 0.29) is 52.3 Å². The van der Waals surface area contributed by atoms with Crippen LogP contribution in [0, 0.1) is 29.5 Å². The molecule has 2 aromatic carbocycles. The Kier molecular flexibility index (Phi) is 4.61. The number of halogens is 2. The van der Waals surface area contributed by atoms with Gasteiger partial charge in [0.05, 0.1) is 16.7 Å². The van der Waals surface area contributed by atoms with Gasteiger partial charge in [-0.25, -0.2) is 4.39 Å². The van der Waals surface area contributed by atoms with E-state index in [2.05, 4.69) is 26.6 Å². The molecule has 0 spiro atoms. The topological polar surface area (TPSA) is 84.5 Å².